The van der Waals surface area contributed by atoms with Gasteiger partial charge in [-0.15, -0.1) is 11.3 Å². The summed E-state index contributed by atoms with van der Waals surface area (Å²) in [5.74, 6) is 2.60. The normalized spacial score (nSPS) is 14.6. The molecule has 5 heteroatoms. The van der Waals surface area contributed by atoms with Crippen LogP contribution in [0.4, 0.5) is 5.82 Å². The first-order valence-electron chi connectivity index (χ1n) is 6.58. The minimum Gasteiger partial charge on any atom is -0.352 e. The van der Waals surface area contributed by atoms with Gasteiger partial charge in [-0.3, -0.25) is 0 Å². The van der Waals surface area contributed by atoms with Crippen molar-refractivity contribution in [2.24, 2.45) is 0 Å². The highest BCUT2D eigenvalue weighted by molar-refractivity contribution is 9.10. The molecule has 0 atom stereocenters. The summed E-state index contributed by atoms with van der Waals surface area (Å²) >= 11 is 5.30. The number of halogens is 1. The monoisotopic (exact) mass is 337 g/mol. The van der Waals surface area contributed by atoms with Crippen molar-refractivity contribution in [3.63, 3.8) is 0 Å². The lowest BCUT2D eigenvalue weighted by atomic mass is 10.3. The molecular weight excluding hydrogens is 322 g/mol. The Morgan fingerprint density at radius 2 is 2.26 bits per heavy atom. The van der Waals surface area contributed by atoms with Gasteiger partial charge in [0.15, 0.2) is 0 Å². The van der Waals surface area contributed by atoms with E-state index in [1.807, 2.05) is 6.07 Å². The van der Waals surface area contributed by atoms with Gasteiger partial charge in [0.2, 0.25) is 0 Å². The molecule has 3 nitrogen and oxygen atoms in total. The fraction of sp³-hybridized carbons (Fsp3) is 0.429. The topological polar surface area (TPSA) is 29.0 Å². The molecule has 2 aromatic rings. The van der Waals surface area contributed by atoms with Gasteiger partial charge in [0.05, 0.1) is 6.54 Å². The maximum absolute atomic E-state index is 4.74. The molecule has 0 N–H and O–H groups in total. The van der Waals surface area contributed by atoms with E-state index in [1.165, 1.54) is 17.7 Å². The third-order valence-corrected chi connectivity index (χ3v) is 4.54. The maximum atomic E-state index is 4.74. The van der Waals surface area contributed by atoms with Crippen LogP contribution in [0.15, 0.2) is 28.2 Å². The summed E-state index contributed by atoms with van der Waals surface area (Å²) in [6.45, 7) is 4.04. The standard InChI is InChI=1S/C14H16BrN3S/c1-2-18(9-11-4-3-7-19-11)13-8-12(15)16-14(17-13)10-5-6-10/h3-4,7-8,10H,2,5-6,9H2,1H3. The molecule has 19 heavy (non-hydrogen) atoms. The van der Waals surface area contributed by atoms with E-state index < -0.39 is 0 Å². The quantitative estimate of drug-likeness (QED) is 0.765. The molecular formula is C14H16BrN3S. The lowest BCUT2D eigenvalue weighted by Crippen LogP contribution is -2.23. The van der Waals surface area contributed by atoms with Crippen molar-refractivity contribution < 1.29 is 0 Å². The molecule has 0 amide bonds. The van der Waals surface area contributed by atoms with E-state index in [4.69, 9.17) is 4.98 Å². The van der Waals surface area contributed by atoms with Crippen LogP contribution >= 0.6 is 27.3 Å². The van der Waals surface area contributed by atoms with E-state index in [0.717, 1.165) is 29.3 Å². The number of anilines is 1. The number of thiophene rings is 1. The van der Waals surface area contributed by atoms with E-state index >= 15 is 0 Å². The smallest absolute Gasteiger partial charge is 0.135 e. The van der Waals surface area contributed by atoms with Gasteiger partial charge in [-0.25, -0.2) is 9.97 Å². The highest BCUT2D eigenvalue weighted by Gasteiger charge is 2.27. The second kappa shape index (κ2) is 5.59. The molecule has 2 aromatic heterocycles. The first-order chi connectivity index (χ1) is 9.26. The second-order valence-electron chi connectivity index (χ2n) is 4.77. The Balaban J connectivity index is 1.85. The highest BCUT2D eigenvalue weighted by Crippen LogP contribution is 2.39. The van der Waals surface area contributed by atoms with Crippen LogP contribution in [0, 0.1) is 0 Å². The van der Waals surface area contributed by atoms with Crippen LogP contribution in [-0.2, 0) is 6.54 Å². The average molecular weight is 338 g/mol. The summed E-state index contributed by atoms with van der Waals surface area (Å²) in [7, 11) is 0. The van der Waals surface area contributed by atoms with Crippen LogP contribution in [0.5, 0.6) is 0 Å². The Hall–Kier alpha value is -0.940. The first kappa shape index (κ1) is 13.1. The van der Waals surface area contributed by atoms with Gasteiger partial charge in [0.1, 0.15) is 16.2 Å². The average Bonchev–Trinajstić information content (AvgIpc) is 3.13. The molecule has 0 radical (unpaired) electrons. The second-order valence-corrected chi connectivity index (χ2v) is 6.62. The number of rotatable bonds is 5. The summed E-state index contributed by atoms with van der Waals surface area (Å²) in [6, 6.07) is 6.29. The molecule has 1 aliphatic carbocycles. The van der Waals surface area contributed by atoms with E-state index in [2.05, 4.69) is 50.3 Å². The predicted octanol–water partition coefficient (Wildman–Crippen LogP) is 4.20. The van der Waals surface area contributed by atoms with Gasteiger partial charge in [0, 0.05) is 23.4 Å². The fourth-order valence-electron chi connectivity index (χ4n) is 2.05. The Morgan fingerprint density at radius 3 is 2.89 bits per heavy atom. The van der Waals surface area contributed by atoms with Gasteiger partial charge >= 0.3 is 0 Å². The van der Waals surface area contributed by atoms with E-state index in [0.29, 0.717) is 5.92 Å². The number of nitrogens with zero attached hydrogens (tertiary/aromatic N) is 3. The van der Waals surface area contributed by atoms with Gasteiger partial charge in [0.25, 0.3) is 0 Å². The molecule has 1 saturated carbocycles. The number of aromatic nitrogens is 2. The minimum atomic E-state index is 0.580. The van der Waals surface area contributed by atoms with Crippen molar-refractivity contribution in [1.82, 2.24) is 9.97 Å². The minimum absolute atomic E-state index is 0.580. The summed E-state index contributed by atoms with van der Waals surface area (Å²) < 4.78 is 0.893. The van der Waals surface area contributed by atoms with Crippen LogP contribution in [0.2, 0.25) is 0 Å². The van der Waals surface area contributed by atoms with Crippen LogP contribution in [-0.4, -0.2) is 16.5 Å². The molecule has 1 fully saturated rings. The largest absolute Gasteiger partial charge is 0.352 e. The summed E-state index contributed by atoms with van der Waals surface area (Å²) in [6.07, 6.45) is 2.46. The molecule has 0 unspecified atom stereocenters. The third kappa shape index (κ3) is 3.15. The van der Waals surface area contributed by atoms with Crippen molar-refractivity contribution in [3.8, 4) is 0 Å². The van der Waals surface area contributed by atoms with Crippen molar-refractivity contribution in [3.05, 3.63) is 38.9 Å². The highest BCUT2D eigenvalue weighted by atomic mass is 79.9. The summed E-state index contributed by atoms with van der Waals surface area (Å²) in [5, 5.41) is 2.12. The third-order valence-electron chi connectivity index (χ3n) is 3.27. The lowest BCUT2D eigenvalue weighted by Gasteiger charge is -2.21. The zero-order chi connectivity index (χ0) is 13.2. The number of hydrogen-bond acceptors (Lipinski definition) is 4. The van der Waals surface area contributed by atoms with E-state index in [9.17, 15) is 0 Å². The predicted molar refractivity (Wildman–Crippen MR) is 82.8 cm³/mol. The SMILES string of the molecule is CCN(Cc1cccs1)c1cc(Br)nc(C2CC2)n1. The number of hydrogen-bond donors (Lipinski definition) is 0. The maximum Gasteiger partial charge on any atom is 0.135 e. The molecule has 3 rings (SSSR count). The van der Waals surface area contributed by atoms with Crippen LogP contribution in [0.1, 0.15) is 36.4 Å². The van der Waals surface area contributed by atoms with Crippen molar-refractivity contribution in [2.45, 2.75) is 32.2 Å². The van der Waals surface area contributed by atoms with Crippen LogP contribution < -0.4 is 4.90 Å². The van der Waals surface area contributed by atoms with E-state index in [-0.39, 0.29) is 0 Å². The molecule has 100 valence electrons. The zero-order valence-corrected chi connectivity index (χ0v) is 13.2. The Morgan fingerprint density at radius 1 is 1.42 bits per heavy atom. The molecule has 0 saturated heterocycles. The Bertz CT molecular complexity index is 552. The van der Waals surface area contributed by atoms with Crippen molar-refractivity contribution in [1.29, 1.82) is 0 Å². The van der Waals surface area contributed by atoms with E-state index in [1.54, 1.807) is 11.3 Å². The molecule has 0 aromatic carbocycles. The van der Waals surface area contributed by atoms with Gasteiger partial charge < -0.3 is 4.90 Å². The van der Waals surface area contributed by atoms with Crippen LogP contribution in [0.3, 0.4) is 0 Å². The molecule has 1 aliphatic rings. The Labute approximate surface area is 125 Å². The van der Waals surface area contributed by atoms with Crippen LogP contribution in [0.25, 0.3) is 0 Å². The first-order valence-corrected chi connectivity index (χ1v) is 8.25. The molecule has 0 bridgehead atoms. The lowest BCUT2D eigenvalue weighted by molar-refractivity contribution is 0.799. The van der Waals surface area contributed by atoms with Crippen molar-refractivity contribution >= 4 is 33.1 Å². The summed E-state index contributed by atoms with van der Waals surface area (Å²) in [5.41, 5.74) is 0. The van der Waals surface area contributed by atoms with Gasteiger partial charge in [-0.2, -0.15) is 0 Å². The van der Waals surface area contributed by atoms with Crippen molar-refractivity contribution in [2.75, 3.05) is 11.4 Å². The molecule has 0 aliphatic heterocycles. The summed E-state index contributed by atoms with van der Waals surface area (Å²) in [4.78, 5) is 12.9. The van der Waals surface area contributed by atoms with Gasteiger partial charge in [-0.1, -0.05) is 6.07 Å². The Kier molecular flexibility index (Phi) is 3.84. The zero-order valence-electron chi connectivity index (χ0n) is 10.8. The van der Waals surface area contributed by atoms with Gasteiger partial charge in [-0.05, 0) is 47.1 Å². The molecule has 2 heterocycles. The fourth-order valence-corrected chi connectivity index (χ4v) is 3.16. The molecule has 0 spiro atoms.